The Labute approximate surface area is 274 Å². The van der Waals surface area contributed by atoms with Gasteiger partial charge in [0.15, 0.2) is 12.6 Å². The van der Waals surface area contributed by atoms with Crippen LogP contribution in [0.4, 0.5) is 0 Å². The maximum atomic E-state index is 13.1. The standard InChI is InChI=1S/C34H50O13/c1-17-29(47-30-28(40)27(39)24(37)15-44-30)23(36)12-26(45-17)46-19-3-8-32(16-35)21-4-7-31(2)20(18-11-25(38)43-14-18)6-10-34(31,42)22(21)5-9-33(32,41)13-19/h11,16-17,19-24,26-30,36-37,39-42H,3-10,12-15H2,1-2H3/t17-,19-,20+,21-,22+,23-,24+,26-,27+,28+,29-,30-,31+,32-,33-,34-/m0/s1. The lowest BCUT2D eigenvalue weighted by molar-refractivity contribution is -0.331. The molecule has 13 heteroatoms. The minimum atomic E-state index is -1.50. The number of carbonyl (C=O) groups is 2. The second kappa shape index (κ2) is 12.1. The van der Waals surface area contributed by atoms with Crippen molar-refractivity contribution in [3.63, 3.8) is 0 Å². The van der Waals surface area contributed by atoms with Crippen molar-refractivity contribution in [1.82, 2.24) is 0 Å². The number of hydrogen-bond donors (Lipinski definition) is 6. The lowest BCUT2D eigenvalue weighted by atomic mass is 9.41. The number of rotatable bonds is 6. The van der Waals surface area contributed by atoms with Crippen LogP contribution in [0.5, 0.6) is 0 Å². The van der Waals surface area contributed by atoms with Crippen molar-refractivity contribution in [2.24, 2.45) is 28.6 Å². The van der Waals surface area contributed by atoms with Crippen molar-refractivity contribution in [3.8, 4) is 0 Å². The van der Waals surface area contributed by atoms with Gasteiger partial charge in [-0.15, -0.1) is 0 Å². The monoisotopic (exact) mass is 666 g/mol. The molecule has 0 aromatic rings. The molecule has 4 saturated carbocycles. The van der Waals surface area contributed by atoms with Crippen molar-refractivity contribution in [2.75, 3.05) is 13.2 Å². The molecule has 7 aliphatic rings. The highest BCUT2D eigenvalue weighted by molar-refractivity contribution is 5.85. The number of cyclic esters (lactones) is 1. The van der Waals surface area contributed by atoms with Gasteiger partial charge in [-0.2, -0.15) is 0 Å². The molecule has 0 aromatic heterocycles. The Hall–Kier alpha value is -1.52. The van der Waals surface area contributed by atoms with Crippen LogP contribution in [0, 0.1) is 28.6 Å². The molecular formula is C34H50O13. The third-order valence-electron chi connectivity index (χ3n) is 13.6. The highest BCUT2D eigenvalue weighted by Gasteiger charge is 2.71. The lowest BCUT2D eigenvalue weighted by Crippen LogP contribution is -2.69. The van der Waals surface area contributed by atoms with Gasteiger partial charge in [-0.25, -0.2) is 4.79 Å². The van der Waals surface area contributed by atoms with E-state index in [4.69, 9.17) is 23.7 Å². The highest BCUT2D eigenvalue weighted by atomic mass is 16.7. The molecule has 13 nitrogen and oxygen atoms in total. The number of aliphatic hydroxyl groups is 6. The first-order valence-electron chi connectivity index (χ1n) is 17.3. The third-order valence-corrected chi connectivity index (χ3v) is 13.6. The van der Waals surface area contributed by atoms with Crippen LogP contribution >= 0.6 is 0 Å². The van der Waals surface area contributed by atoms with E-state index in [-0.39, 0.29) is 49.8 Å². The summed E-state index contributed by atoms with van der Waals surface area (Å²) >= 11 is 0. The van der Waals surface area contributed by atoms with E-state index in [1.54, 1.807) is 13.0 Å². The molecule has 7 rings (SSSR count). The molecule has 16 atom stereocenters. The zero-order chi connectivity index (χ0) is 33.5. The summed E-state index contributed by atoms with van der Waals surface area (Å²) < 4.78 is 28.7. The molecular weight excluding hydrogens is 616 g/mol. The van der Waals surface area contributed by atoms with E-state index in [1.807, 2.05) is 0 Å². The Bertz CT molecular complexity index is 1250. The van der Waals surface area contributed by atoms with Gasteiger partial charge in [-0.05, 0) is 81.6 Å². The molecule has 6 N–H and O–H groups in total. The number of carbonyl (C=O) groups excluding carboxylic acids is 2. The fraction of sp³-hybridized carbons (Fsp3) is 0.882. The van der Waals surface area contributed by atoms with Gasteiger partial charge in [0.05, 0.1) is 41.5 Å². The highest BCUT2D eigenvalue weighted by Crippen LogP contribution is 2.70. The quantitative estimate of drug-likeness (QED) is 0.128. The molecule has 6 fully saturated rings. The summed E-state index contributed by atoms with van der Waals surface area (Å²) in [5, 5.41) is 65.7. The third kappa shape index (κ3) is 5.18. The van der Waals surface area contributed by atoms with Gasteiger partial charge in [0.25, 0.3) is 0 Å². The number of hydrogen-bond acceptors (Lipinski definition) is 13. The molecule has 0 amide bonds. The zero-order valence-corrected chi connectivity index (χ0v) is 27.1. The van der Waals surface area contributed by atoms with Gasteiger partial charge in [-0.1, -0.05) is 6.92 Å². The van der Waals surface area contributed by atoms with Crippen LogP contribution in [0.2, 0.25) is 0 Å². The Morgan fingerprint density at radius 3 is 2.40 bits per heavy atom. The smallest absolute Gasteiger partial charge is 0.331 e. The predicted octanol–water partition coefficient (Wildman–Crippen LogP) is 0.243. The second-order valence-corrected chi connectivity index (χ2v) is 15.7. The summed E-state index contributed by atoms with van der Waals surface area (Å²) in [5.74, 6) is -0.635. The first-order chi connectivity index (χ1) is 22.2. The predicted molar refractivity (Wildman–Crippen MR) is 160 cm³/mol. The zero-order valence-electron chi connectivity index (χ0n) is 27.1. The summed E-state index contributed by atoms with van der Waals surface area (Å²) in [6.07, 6.45) is -1.89. The fourth-order valence-corrected chi connectivity index (χ4v) is 11.0. The first kappa shape index (κ1) is 34.0. The molecule has 2 saturated heterocycles. The average molecular weight is 667 g/mol. The molecule has 0 spiro atoms. The van der Waals surface area contributed by atoms with E-state index in [1.165, 1.54) is 0 Å². The summed E-state index contributed by atoms with van der Waals surface area (Å²) in [6.45, 7) is 3.86. The molecule has 0 unspecified atom stereocenters. The molecule has 47 heavy (non-hydrogen) atoms. The first-order valence-corrected chi connectivity index (χ1v) is 17.3. The van der Waals surface area contributed by atoms with Crippen LogP contribution in [0.1, 0.15) is 78.1 Å². The Morgan fingerprint density at radius 1 is 0.936 bits per heavy atom. The maximum absolute atomic E-state index is 13.1. The van der Waals surface area contributed by atoms with Crippen molar-refractivity contribution in [3.05, 3.63) is 11.6 Å². The van der Waals surface area contributed by atoms with Gasteiger partial charge in [-0.3, -0.25) is 0 Å². The largest absolute Gasteiger partial charge is 0.458 e. The summed E-state index contributed by atoms with van der Waals surface area (Å²) in [7, 11) is 0. The van der Waals surface area contributed by atoms with Gasteiger partial charge in [0.2, 0.25) is 0 Å². The summed E-state index contributed by atoms with van der Waals surface area (Å²) in [4.78, 5) is 25.0. The van der Waals surface area contributed by atoms with E-state index in [0.29, 0.717) is 44.9 Å². The Kier molecular flexibility index (Phi) is 8.72. The van der Waals surface area contributed by atoms with Crippen molar-refractivity contribution in [2.45, 2.75) is 145 Å². The van der Waals surface area contributed by atoms with Crippen LogP contribution in [0.3, 0.4) is 0 Å². The Balaban J connectivity index is 1.01. The van der Waals surface area contributed by atoms with E-state index >= 15 is 0 Å². The number of esters is 1. The molecule has 0 bridgehead atoms. The van der Waals surface area contributed by atoms with Crippen molar-refractivity contribution >= 4 is 12.3 Å². The summed E-state index contributed by atoms with van der Waals surface area (Å²) in [6, 6.07) is 0. The molecule has 0 radical (unpaired) electrons. The van der Waals surface area contributed by atoms with E-state index in [0.717, 1.165) is 18.3 Å². The normalized spacial score (nSPS) is 54.6. The van der Waals surface area contributed by atoms with E-state index in [2.05, 4.69) is 6.92 Å². The number of ether oxygens (including phenoxy) is 5. The van der Waals surface area contributed by atoms with Crippen molar-refractivity contribution in [1.29, 1.82) is 0 Å². The van der Waals surface area contributed by atoms with Gasteiger partial charge in [0.1, 0.15) is 37.3 Å². The van der Waals surface area contributed by atoms with Crippen LogP contribution in [0.25, 0.3) is 0 Å². The summed E-state index contributed by atoms with van der Waals surface area (Å²) in [5.41, 5.74) is -2.86. The molecule has 0 aromatic carbocycles. The maximum Gasteiger partial charge on any atom is 0.331 e. The van der Waals surface area contributed by atoms with Crippen molar-refractivity contribution < 1.29 is 63.9 Å². The lowest BCUT2D eigenvalue weighted by Gasteiger charge is -2.65. The van der Waals surface area contributed by atoms with Gasteiger partial charge >= 0.3 is 5.97 Å². The van der Waals surface area contributed by atoms with Crippen LogP contribution < -0.4 is 0 Å². The number of aldehydes is 1. The second-order valence-electron chi connectivity index (χ2n) is 15.7. The molecule has 3 heterocycles. The van der Waals surface area contributed by atoms with Crippen LogP contribution in [-0.2, 0) is 33.3 Å². The fourth-order valence-electron chi connectivity index (χ4n) is 11.0. The SMILES string of the molecule is C[C@@H]1O[C@@H](O[C@H]2CC[C@]3(C=O)[C@H]4CC[C@]5(C)[C@@H](C6=CC(=O)OC6)CC[C@]5(O)[C@@H]4CC[C@]3(O)C2)C[C@H](O)[C@H]1O[C@@H]1OC[C@@H](O)[C@@H](O)[C@H]1O. The molecule has 3 aliphatic heterocycles. The Morgan fingerprint density at radius 2 is 1.70 bits per heavy atom. The topological polar surface area (TPSA) is 202 Å². The average Bonchev–Trinajstić information content (AvgIpc) is 3.57. The van der Waals surface area contributed by atoms with Crippen LogP contribution in [0.15, 0.2) is 11.6 Å². The molecule has 264 valence electrons. The minimum Gasteiger partial charge on any atom is -0.458 e. The van der Waals surface area contributed by atoms with E-state index < -0.39 is 77.3 Å². The minimum absolute atomic E-state index is 0.0370. The van der Waals surface area contributed by atoms with E-state index in [9.17, 15) is 40.2 Å². The van der Waals surface area contributed by atoms with Gasteiger partial charge < -0.3 is 59.1 Å². The number of fused-ring (bicyclic) bond motifs is 5. The van der Waals surface area contributed by atoms with Gasteiger partial charge in [0, 0.05) is 24.3 Å². The number of aliphatic hydroxyl groups excluding tert-OH is 4. The molecule has 4 aliphatic carbocycles. The van der Waals surface area contributed by atoms with Crippen LogP contribution in [-0.4, -0.2) is 123 Å².